The Bertz CT molecular complexity index is 576. The predicted octanol–water partition coefficient (Wildman–Crippen LogP) is 1.56. The van der Waals surface area contributed by atoms with Crippen LogP contribution in [-0.2, 0) is 4.79 Å². The second-order valence-corrected chi connectivity index (χ2v) is 5.45. The first kappa shape index (κ1) is 14.6. The number of aromatic nitrogens is 2. The molecule has 1 aliphatic heterocycles. The lowest BCUT2D eigenvalue weighted by Gasteiger charge is -2.36. The average molecular weight is 299 g/mol. The molecule has 0 spiro atoms. The van der Waals surface area contributed by atoms with Gasteiger partial charge in [0.15, 0.2) is 0 Å². The molecule has 2 heterocycles. The van der Waals surface area contributed by atoms with Crippen LogP contribution in [0.1, 0.15) is 6.42 Å². The number of benzene rings is 1. The molecule has 6 nitrogen and oxygen atoms in total. The summed E-state index contributed by atoms with van der Waals surface area (Å²) < 4.78 is 0. The van der Waals surface area contributed by atoms with Crippen LogP contribution in [0.2, 0.25) is 0 Å². The van der Waals surface area contributed by atoms with Gasteiger partial charge in [0.2, 0.25) is 5.91 Å². The van der Waals surface area contributed by atoms with Gasteiger partial charge in [-0.15, -0.1) is 0 Å². The number of anilines is 2. The van der Waals surface area contributed by atoms with Crippen molar-refractivity contribution in [2.24, 2.45) is 0 Å². The number of hydrogen-bond donors (Lipinski definition) is 2. The van der Waals surface area contributed by atoms with Gasteiger partial charge < -0.3 is 10.2 Å². The lowest BCUT2D eigenvalue weighted by Crippen LogP contribution is -2.47. The molecule has 0 atom stereocenters. The zero-order valence-electron chi connectivity index (χ0n) is 12.5. The van der Waals surface area contributed by atoms with Gasteiger partial charge in [0.05, 0.1) is 11.9 Å². The summed E-state index contributed by atoms with van der Waals surface area (Å²) in [6.45, 7) is 4.80. The van der Waals surface area contributed by atoms with Crippen molar-refractivity contribution in [1.82, 2.24) is 15.1 Å². The van der Waals surface area contributed by atoms with Crippen molar-refractivity contribution in [2.45, 2.75) is 6.42 Å². The van der Waals surface area contributed by atoms with Gasteiger partial charge in [-0.2, -0.15) is 5.10 Å². The predicted molar refractivity (Wildman–Crippen MR) is 86.9 cm³/mol. The fraction of sp³-hybridized carbons (Fsp3) is 0.375. The van der Waals surface area contributed by atoms with E-state index in [9.17, 15) is 4.79 Å². The molecule has 116 valence electrons. The zero-order chi connectivity index (χ0) is 15.2. The minimum atomic E-state index is 0.0342. The van der Waals surface area contributed by atoms with Crippen LogP contribution in [0.3, 0.4) is 0 Å². The standard InChI is InChI=1S/C16H21N5O/c22-16(19-14-12-17-18-13-14)6-7-20-8-10-21(11-9-20)15-4-2-1-3-5-15/h1-5,12-13H,6-11H2,(H,17,18)(H,19,22). The van der Waals surface area contributed by atoms with E-state index in [4.69, 9.17) is 0 Å². The van der Waals surface area contributed by atoms with Gasteiger partial charge in [-0.3, -0.25) is 14.8 Å². The Morgan fingerprint density at radius 3 is 2.64 bits per heavy atom. The highest BCUT2D eigenvalue weighted by Crippen LogP contribution is 2.15. The van der Waals surface area contributed by atoms with Gasteiger partial charge in [-0.1, -0.05) is 18.2 Å². The SMILES string of the molecule is O=C(CCN1CCN(c2ccccc2)CC1)Nc1cn[nH]c1. The molecule has 1 aromatic carbocycles. The van der Waals surface area contributed by atoms with Crippen LogP contribution >= 0.6 is 0 Å². The molecule has 1 saturated heterocycles. The molecule has 2 aromatic rings. The number of amides is 1. The summed E-state index contributed by atoms with van der Waals surface area (Å²) in [5, 5.41) is 9.31. The van der Waals surface area contributed by atoms with E-state index in [2.05, 4.69) is 49.6 Å². The minimum Gasteiger partial charge on any atom is -0.369 e. The van der Waals surface area contributed by atoms with E-state index >= 15 is 0 Å². The molecule has 22 heavy (non-hydrogen) atoms. The molecule has 0 radical (unpaired) electrons. The Morgan fingerprint density at radius 2 is 1.95 bits per heavy atom. The Labute approximate surface area is 130 Å². The number of nitrogens with zero attached hydrogens (tertiary/aromatic N) is 3. The maximum absolute atomic E-state index is 11.8. The molecule has 0 bridgehead atoms. The number of carbonyl (C=O) groups is 1. The van der Waals surface area contributed by atoms with Gasteiger partial charge in [0.25, 0.3) is 0 Å². The number of piperazine rings is 1. The summed E-state index contributed by atoms with van der Waals surface area (Å²) >= 11 is 0. The molecule has 1 aromatic heterocycles. The highest BCUT2D eigenvalue weighted by Gasteiger charge is 2.17. The number of H-pyrrole nitrogens is 1. The third-order valence-electron chi connectivity index (χ3n) is 3.93. The summed E-state index contributed by atoms with van der Waals surface area (Å²) in [7, 11) is 0. The van der Waals surface area contributed by atoms with Gasteiger partial charge in [0, 0.05) is 51.0 Å². The van der Waals surface area contributed by atoms with Gasteiger partial charge in [-0.25, -0.2) is 0 Å². The van der Waals surface area contributed by atoms with Crippen molar-refractivity contribution in [1.29, 1.82) is 0 Å². The summed E-state index contributed by atoms with van der Waals surface area (Å²) in [6.07, 6.45) is 3.80. The highest BCUT2D eigenvalue weighted by atomic mass is 16.1. The van der Waals surface area contributed by atoms with Gasteiger partial charge >= 0.3 is 0 Å². The van der Waals surface area contributed by atoms with Crippen molar-refractivity contribution in [3.05, 3.63) is 42.7 Å². The Kier molecular flexibility index (Phi) is 4.70. The van der Waals surface area contributed by atoms with E-state index in [1.54, 1.807) is 12.4 Å². The van der Waals surface area contributed by atoms with Crippen LogP contribution in [0.5, 0.6) is 0 Å². The van der Waals surface area contributed by atoms with Crippen molar-refractivity contribution >= 4 is 17.3 Å². The number of rotatable bonds is 5. The molecule has 1 amide bonds. The monoisotopic (exact) mass is 299 g/mol. The number of hydrogen-bond acceptors (Lipinski definition) is 4. The van der Waals surface area contributed by atoms with E-state index in [1.807, 2.05) is 6.07 Å². The molecular formula is C16H21N5O. The quantitative estimate of drug-likeness (QED) is 0.879. The number of aromatic amines is 1. The first-order valence-electron chi connectivity index (χ1n) is 7.62. The van der Waals surface area contributed by atoms with E-state index < -0.39 is 0 Å². The Morgan fingerprint density at radius 1 is 1.18 bits per heavy atom. The van der Waals surface area contributed by atoms with Crippen molar-refractivity contribution < 1.29 is 4.79 Å². The second kappa shape index (κ2) is 7.09. The largest absolute Gasteiger partial charge is 0.369 e. The van der Waals surface area contributed by atoms with Crippen molar-refractivity contribution in [3.8, 4) is 0 Å². The zero-order valence-corrected chi connectivity index (χ0v) is 12.5. The van der Waals surface area contributed by atoms with E-state index in [-0.39, 0.29) is 5.91 Å². The van der Waals surface area contributed by atoms with Crippen LogP contribution in [0.4, 0.5) is 11.4 Å². The second-order valence-electron chi connectivity index (χ2n) is 5.45. The molecule has 0 aliphatic carbocycles. The fourth-order valence-electron chi connectivity index (χ4n) is 2.67. The first-order valence-corrected chi connectivity index (χ1v) is 7.62. The van der Waals surface area contributed by atoms with Crippen LogP contribution < -0.4 is 10.2 Å². The normalized spacial score (nSPS) is 15.7. The van der Waals surface area contributed by atoms with E-state index in [0.29, 0.717) is 6.42 Å². The number of carbonyl (C=O) groups excluding carboxylic acids is 1. The fourth-order valence-corrected chi connectivity index (χ4v) is 2.67. The molecule has 1 aliphatic rings. The third-order valence-corrected chi connectivity index (χ3v) is 3.93. The Hall–Kier alpha value is -2.34. The molecular weight excluding hydrogens is 278 g/mol. The van der Waals surface area contributed by atoms with Crippen LogP contribution in [0.15, 0.2) is 42.7 Å². The van der Waals surface area contributed by atoms with Crippen molar-refractivity contribution in [2.75, 3.05) is 42.9 Å². The summed E-state index contributed by atoms with van der Waals surface area (Å²) in [6, 6.07) is 10.5. The van der Waals surface area contributed by atoms with E-state index in [0.717, 1.165) is 38.4 Å². The lowest BCUT2D eigenvalue weighted by molar-refractivity contribution is -0.116. The topological polar surface area (TPSA) is 64.3 Å². The Balaban J connectivity index is 1.40. The summed E-state index contributed by atoms with van der Waals surface area (Å²) in [4.78, 5) is 16.6. The molecule has 2 N–H and O–H groups in total. The van der Waals surface area contributed by atoms with Crippen molar-refractivity contribution in [3.63, 3.8) is 0 Å². The third kappa shape index (κ3) is 3.85. The lowest BCUT2D eigenvalue weighted by atomic mass is 10.2. The molecule has 3 rings (SSSR count). The van der Waals surface area contributed by atoms with Gasteiger partial charge in [-0.05, 0) is 12.1 Å². The minimum absolute atomic E-state index is 0.0342. The highest BCUT2D eigenvalue weighted by molar-refractivity contribution is 5.90. The van der Waals surface area contributed by atoms with Crippen LogP contribution in [0, 0.1) is 0 Å². The maximum Gasteiger partial charge on any atom is 0.225 e. The average Bonchev–Trinajstić information content (AvgIpc) is 3.07. The van der Waals surface area contributed by atoms with Gasteiger partial charge in [0.1, 0.15) is 0 Å². The smallest absolute Gasteiger partial charge is 0.225 e. The molecule has 6 heteroatoms. The summed E-state index contributed by atoms with van der Waals surface area (Å²) in [5.41, 5.74) is 2.00. The van der Waals surface area contributed by atoms with E-state index in [1.165, 1.54) is 5.69 Å². The van der Waals surface area contributed by atoms with Crippen LogP contribution in [-0.4, -0.2) is 53.7 Å². The molecule has 0 saturated carbocycles. The number of para-hydroxylation sites is 1. The number of nitrogens with one attached hydrogen (secondary N) is 2. The summed E-state index contributed by atoms with van der Waals surface area (Å²) in [5.74, 6) is 0.0342. The molecule has 1 fully saturated rings. The molecule has 0 unspecified atom stereocenters. The maximum atomic E-state index is 11.8. The first-order chi connectivity index (χ1) is 10.8. The van der Waals surface area contributed by atoms with Crippen LogP contribution in [0.25, 0.3) is 0 Å².